The van der Waals surface area contributed by atoms with E-state index in [-0.39, 0.29) is 18.7 Å². The lowest BCUT2D eigenvalue weighted by molar-refractivity contribution is -0.123. The minimum absolute atomic E-state index is 0.0695. The Hall–Kier alpha value is -3.63. The highest BCUT2D eigenvalue weighted by Crippen LogP contribution is 2.23. The van der Waals surface area contributed by atoms with E-state index >= 15 is 0 Å². The number of alkyl carbamates (subject to hydrolysis) is 1. The van der Waals surface area contributed by atoms with Crippen molar-refractivity contribution >= 4 is 17.8 Å². The average molecular weight is 495 g/mol. The summed E-state index contributed by atoms with van der Waals surface area (Å²) < 4.78 is 51.0. The average Bonchev–Trinajstić information content (AvgIpc) is 2.79. The van der Waals surface area contributed by atoms with Crippen molar-refractivity contribution in [3.63, 3.8) is 0 Å². The van der Waals surface area contributed by atoms with Crippen LogP contribution < -0.4 is 15.4 Å². The van der Waals surface area contributed by atoms with Crippen molar-refractivity contribution in [2.45, 2.75) is 51.7 Å². The number of rotatable bonds is 11. The first-order valence-corrected chi connectivity index (χ1v) is 11.0. The zero-order valence-electron chi connectivity index (χ0n) is 19.7. The fourth-order valence-corrected chi connectivity index (χ4v) is 2.91. The number of ketones is 1. The summed E-state index contributed by atoms with van der Waals surface area (Å²) in [5.41, 5.74) is -0.571. The fourth-order valence-electron chi connectivity index (χ4n) is 2.91. The molecule has 0 aliphatic rings. The van der Waals surface area contributed by atoms with Crippen molar-refractivity contribution in [1.29, 1.82) is 0 Å². The summed E-state index contributed by atoms with van der Waals surface area (Å²) in [5, 5.41) is 5.12. The molecule has 2 aromatic rings. The van der Waals surface area contributed by atoms with Crippen molar-refractivity contribution in [3.05, 3.63) is 59.7 Å². The molecule has 0 saturated carbocycles. The molecule has 0 fully saturated rings. The van der Waals surface area contributed by atoms with E-state index in [9.17, 15) is 27.6 Å². The summed E-state index contributed by atoms with van der Waals surface area (Å²) in [4.78, 5) is 40.8. The van der Waals surface area contributed by atoms with Gasteiger partial charge in [-0.3, -0.25) is 14.6 Å². The van der Waals surface area contributed by atoms with Crippen LogP contribution in [0.15, 0.2) is 36.5 Å². The lowest BCUT2D eigenvalue weighted by atomic mass is 10.0. The van der Waals surface area contributed by atoms with Crippen LogP contribution in [-0.2, 0) is 9.53 Å². The summed E-state index contributed by atoms with van der Waals surface area (Å²) in [6.07, 6.45) is 1.83. The number of hydrogen-bond acceptors (Lipinski definition) is 6. The summed E-state index contributed by atoms with van der Waals surface area (Å²) >= 11 is 0. The summed E-state index contributed by atoms with van der Waals surface area (Å²) in [6.45, 7) is 4.66. The van der Waals surface area contributed by atoms with E-state index < -0.39 is 59.2 Å². The Morgan fingerprint density at radius 2 is 1.74 bits per heavy atom. The molecular weight excluding hydrogens is 467 g/mol. The van der Waals surface area contributed by atoms with Gasteiger partial charge < -0.3 is 20.1 Å². The molecule has 0 unspecified atom stereocenters. The number of halogens is 3. The van der Waals surface area contributed by atoms with Gasteiger partial charge in [0, 0.05) is 12.7 Å². The maximum atomic E-state index is 13.8. The van der Waals surface area contributed by atoms with Crippen LogP contribution in [0.3, 0.4) is 0 Å². The predicted molar refractivity (Wildman–Crippen MR) is 120 cm³/mol. The first-order chi connectivity index (χ1) is 16.5. The second-order valence-corrected chi connectivity index (χ2v) is 8.59. The number of hydrogen-bond donors (Lipinski definition) is 2. The minimum Gasteiger partial charge on any atom is -0.480 e. The van der Waals surface area contributed by atoms with Gasteiger partial charge >= 0.3 is 6.09 Å². The van der Waals surface area contributed by atoms with Crippen LogP contribution in [0, 0.1) is 17.5 Å². The Balaban J connectivity index is 1.98. The van der Waals surface area contributed by atoms with Gasteiger partial charge in [0.2, 0.25) is 5.82 Å². The highest BCUT2D eigenvalue weighted by molar-refractivity contribution is 5.96. The number of pyridine rings is 1. The Morgan fingerprint density at radius 3 is 2.40 bits per heavy atom. The Bertz CT molecular complexity index is 1030. The zero-order valence-corrected chi connectivity index (χ0v) is 19.7. The fraction of sp³-hybridized carbons (Fsp3) is 0.417. The van der Waals surface area contributed by atoms with E-state index in [0.717, 1.165) is 0 Å². The molecule has 0 spiro atoms. The van der Waals surface area contributed by atoms with Gasteiger partial charge in [0.05, 0.1) is 6.04 Å². The number of benzene rings is 1. The summed E-state index contributed by atoms with van der Waals surface area (Å²) in [6, 6.07) is 4.87. The smallest absolute Gasteiger partial charge is 0.407 e. The molecule has 11 heteroatoms. The molecule has 8 nitrogen and oxygen atoms in total. The number of nitrogens with one attached hydrogen (secondary N) is 2. The summed E-state index contributed by atoms with van der Waals surface area (Å²) in [5.74, 6) is -6.38. The minimum atomic E-state index is -1.56. The van der Waals surface area contributed by atoms with Crippen LogP contribution in [-0.4, -0.2) is 47.6 Å². The number of aromatic nitrogens is 1. The zero-order chi connectivity index (χ0) is 26.0. The molecule has 1 atom stereocenters. The SMILES string of the molecule is CC(C)(C)OC(=O)NCCCC[C@H](NC(=O)c1ccccn1)C(=O)COc1c(F)ccc(F)c1F. The highest BCUT2D eigenvalue weighted by Gasteiger charge is 2.24. The normalized spacial score (nSPS) is 11.9. The first-order valence-electron chi connectivity index (χ1n) is 11.0. The van der Waals surface area contributed by atoms with Crippen molar-refractivity contribution in [1.82, 2.24) is 15.6 Å². The number of Topliss-reactive ketones (excluding diaryl/α,β-unsaturated/α-hetero) is 1. The first kappa shape index (κ1) is 27.6. The maximum absolute atomic E-state index is 13.8. The third kappa shape index (κ3) is 9.26. The largest absolute Gasteiger partial charge is 0.480 e. The van der Waals surface area contributed by atoms with Crippen LogP contribution in [0.25, 0.3) is 0 Å². The van der Waals surface area contributed by atoms with E-state index in [2.05, 4.69) is 15.6 Å². The van der Waals surface area contributed by atoms with Gasteiger partial charge in [-0.05, 0) is 64.3 Å². The number of amides is 2. The summed E-state index contributed by atoms with van der Waals surface area (Å²) in [7, 11) is 0. The van der Waals surface area contributed by atoms with Crippen molar-refractivity contribution in [2.24, 2.45) is 0 Å². The maximum Gasteiger partial charge on any atom is 0.407 e. The van der Waals surface area contributed by atoms with Crippen molar-refractivity contribution in [3.8, 4) is 5.75 Å². The van der Waals surface area contributed by atoms with Gasteiger partial charge in [-0.2, -0.15) is 4.39 Å². The van der Waals surface area contributed by atoms with Crippen LogP contribution in [0.5, 0.6) is 5.75 Å². The molecule has 0 aliphatic carbocycles. The molecule has 0 saturated heterocycles. The van der Waals surface area contributed by atoms with Gasteiger partial charge in [0.1, 0.15) is 17.9 Å². The van der Waals surface area contributed by atoms with Crippen molar-refractivity contribution in [2.75, 3.05) is 13.2 Å². The van der Waals surface area contributed by atoms with Crippen LogP contribution in [0.4, 0.5) is 18.0 Å². The highest BCUT2D eigenvalue weighted by atomic mass is 19.2. The predicted octanol–water partition coefficient (Wildman–Crippen LogP) is 3.94. The van der Waals surface area contributed by atoms with Gasteiger partial charge in [0.15, 0.2) is 23.2 Å². The lowest BCUT2D eigenvalue weighted by Crippen LogP contribution is -2.43. The molecule has 2 amide bonds. The number of nitrogens with zero attached hydrogens (tertiary/aromatic N) is 1. The molecule has 35 heavy (non-hydrogen) atoms. The van der Waals surface area contributed by atoms with Gasteiger partial charge in [-0.25, -0.2) is 13.6 Å². The number of unbranched alkanes of at least 4 members (excludes halogenated alkanes) is 1. The van der Waals surface area contributed by atoms with Gasteiger partial charge in [-0.1, -0.05) is 6.07 Å². The topological polar surface area (TPSA) is 107 Å². The number of carbonyl (C=O) groups excluding carboxylic acids is 3. The molecule has 1 aromatic carbocycles. The van der Waals surface area contributed by atoms with E-state index in [1.165, 1.54) is 12.3 Å². The second-order valence-electron chi connectivity index (χ2n) is 8.59. The number of ether oxygens (including phenoxy) is 2. The Morgan fingerprint density at radius 1 is 1.03 bits per heavy atom. The molecule has 2 rings (SSSR count). The van der Waals surface area contributed by atoms with Crippen LogP contribution in [0.1, 0.15) is 50.5 Å². The third-order valence-electron chi connectivity index (χ3n) is 4.54. The Labute approximate surface area is 201 Å². The van der Waals surface area contributed by atoms with E-state index in [0.29, 0.717) is 25.0 Å². The monoisotopic (exact) mass is 495 g/mol. The molecular formula is C24H28F3N3O5. The molecule has 2 N–H and O–H groups in total. The van der Waals surface area contributed by atoms with Crippen LogP contribution >= 0.6 is 0 Å². The molecule has 0 bridgehead atoms. The molecule has 0 radical (unpaired) electrons. The quantitative estimate of drug-likeness (QED) is 0.361. The molecule has 1 aromatic heterocycles. The Kier molecular flexibility index (Phi) is 10.0. The molecule has 0 aliphatic heterocycles. The van der Waals surface area contributed by atoms with E-state index in [1.807, 2.05) is 0 Å². The molecule has 1 heterocycles. The van der Waals surface area contributed by atoms with Gasteiger partial charge in [-0.15, -0.1) is 0 Å². The number of carbonyl (C=O) groups is 3. The van der Waals surface area contributed by atoms with Gasteiger partial charge in [0.25, 0.3) is 5.91 Å². The third-order valence-corrected chi connectivity index (χ3v) is 4.54. The van der Waals surface area contributed by atoms with E-state index in [1.54, 1.807) is 32.9 Å². The second kappa shape index (κ2) is 12.7. The lowest BCUT2D eigenvalue weighted by Gasteiger charge is -2.20. The standard InChI is InChI=1S/C24H28F3N3O5/c1-24(2,3)35-23(33)29-13-7-4-8-17(30-22(32)18-9-5-6-12-28-18)19(31)14-34-21-16(26)11-10-15(25)20(21)27/h5-6,9-12,17H,4,7-8,13-14H2,1-3H3,(H,29,33)(H,30,32)/t17-/m0/s1. The molecule has 190 valence electrons. The van der Waals surface area contributed by atoms with Crippen molar-refractivity contribution < 1.29 is 37.0 Å². The van der Waals surface area contributed by atoms with E-state index in [4.69, 9.17) is 9.47 Å². The van der Waals surface area contributed by atoms with Crippen LogP contribution in [0.2, 0.25) is 0 Å².